The van der Waals surface area contributed by atoms with Crippen molar-refractivity contribution in [1.29, 1.82) is 0 Å². The largest absolute Gasteiger partial charge is 0.390 e. The lowest BCUT2D eigenvalue weighted by molar-refractivity contribution is 0.0350. The van der Waals surface area contributed by atoms with Gasteiger partial charge in [-0.1, -0.05) is 12.2 Å². The number of aliphatic hydroxyl groups is 1. The van der Waals surface area contributed by atoms with Crippen molar-refractivity contribution in [1.82, 2.24) is 9.97 Å². The van der Waals surface area contributed by atoms with E-state index in [0.717, 1.165) is 18.9 Å². The first kappa shape index (κ1) is 12.2. The summed E-state index contributed by atoms with van der Waals surface area (Å²) in [6, 6.07) is 0. The van der Waals surface area contributed by atoms with Gasteiger partial charge in [0.1, 0.15) is 10.7 Å². The summed E-state index contributed by atoms with van der Waals surface area (Å²) in [4.78, 5) is 10.8. The molecule has 2 heterocycles. The van der Waals surface area contributed by atoms with Crippen LogP contribution in [0.1, 0.15) is 25.5 Å². The molecular weight excluding hydrogens is 236 g/mol. The van der Waals surface area contributed by atoms with Crippen LogP contribution in [0.5, 0.6) is 0 Å². The molecule has 0 atom stereocenters. The van der Waals surface area contributed by atoms with Gasteiger partial charge < -0.3 is 15.7 Å². The summed E-state index contributed by atoms with van der Waals surface area (Å²) in [6.07, 6.45) is 4.63. The molecule has 92 valence electrons. The molecule has 1 aliphatic heterocycles. The number of hydrogen-bond acceptors (Lipinski definition) is 5. The van der Waals surface area contributed by atoms with E-state index in [-0.39, 0.29) is 4.99 Å². The quantitative estimate of drug-likeness (QED) is 0.745. The fraction of sp³-hybridized carbons (Fsp3) is 0.545. The molecule has 0 unspecified atom stereocenters. The molecule has 5 nitrogen and oxygen atoms in total. The maximum Gasteiger partial charge on any atom is 0.157 e. The lowest BCUT2D eigenvalue weighted by Gasteiger charge is -2.36. The number of rotatable bonds is 2. The molecule has 17 heavy (non-hydrogen) atoms. The molecule has 0 bridgehead atoms. The normalized spacial score (nSPS) is 19.1. The van der Waals surface area contributed by atoms with Gasteiger partial charge in [-0.2, -0.15) is 0 Å². The molecule has 0 saturated carbocycles. The zero-order valence-electron chi connectivity index (χ0n) is 9.76. The van der Waals surface area contributed by atoms with Crippen molar-refractivity contribution < 1.29 is 5.11 Å². The van der Waals surface area contributed by atoms with E-state index in [0.29, 0.717) is 18.5 Å². The van der Waals surface area contributed by atoms with E-state index >= 15 is 0 Å². The van der Waals surface area contributed by atoms with Crippen LogP contribution in [0.3, 0.4) is 0 Å². The van der Waals surface area contributed by atoms with Crippen LogP contribution < -0.4 is 10.6 Å². The van der Waals surface area contributed by atoms with Gasteiger partial charge in [-0.05, 0) is 19.8 Å². The van der Waals surface area contributed by atoms with Crippen molar-refractivity contribution >= 4 is 23.0 Å². The Hall–Kier alpha value is -1.27. The van der Waals surface area contributed by atoms with E-state index in [2.05, 4.69) is 14.9 Å². The number of nitrogens with zero attached hydrogens (tertiary/aromatic N) is 3. The lowest BCUT2D eigenvalue weighted by atomic mass is 9.94. The van der Waals surface area contributed by atoms with Crippen LogP contribution in [0.2, 0.25) is 0 Å². The molecule has 1 saturated heterocycles. The van der Waals surface area contributed by atoms with Gasteiger partial charge in [0.05, 0.1) is 5.60 Å². The van der Waals surface area contributed by atoms with Crippen LogP contribution >= 0.6 is 12.2 Å². The number of piperidine rings is 1. The fourth-order valence-electron chi connectivity index (χ4n) is 1.94. The van der Waals surface area contributed by atoms with E-state index in [1.165, 1.54) is 0 Å². The molecule has 0 amide bonds. The first-order valence-corrected chi connectivity index (χ1v) is 5.98. The van der Waals surface area contributed by atoms with Gasteiger partial charge in [-0.3, -0.25) is 0 Å². The second-order valence-electron chi connectivity index (χ2n) is 4.58. The number of thiocarbonyl (C=S) groups is 1. The van der Waals surface area contributed by atoms with Crippen molar-refractivity contribution in [3.63, 3.8) is 0 Å². The van der Waals surface area contributed by atoms with Crippen LogP contribution in [-0.4, -0.2) is 38.8 Å². The summed E-state index contributed by atoms with van der Waals surface area (Å²) in [5.41, 5.74) is 5.61. The van der Waals surface area contributed by atoms with Gasteiger partial charge in [0.2, 0.25) is 0 Å². The smallest absolute Gasteiger partial charge is 0.157 e. The summed E-state index contributed by atoms with van der Waals surface area (Å²) in [7, 11) is 0. The molecule has 3 N–H and O–H groups in total. The zero-order chi connectivity index (χ0) is 12.5. The van der Waals surface area contributed by atoms with Crippen LogP contribution in [0.15, 0.2) is 12.4 Å². The highest BCUT2D eigenvalue weighted by atomic mass is 32.1. The minimum absolute atomic E-state index is 0.255. The summed E-state index contributed by atoms with van der Waals surface area (Å²) in [5, 5.41) is 9.90. The second-order valence-corrected chi connectivity index (χ2v) is 5.02. The highest BCUT2D eigenvalue weighted by molar-refractivity contribution is 7.80. The Kier molecular flexibility index (Phi) is 3.26. The standard InChI is InChI=1S/C11H16N4OS/c1-11(16)2-6-15(7-3-11)10-8(9(12)17)13-4-5-14-10/h4-5,16H,2-3,6-7H2,1H3,(H2,12,17). The Morgan fingerprint density at radius 3 is 2.59 bits per heavy atom. The van der Waals surface area contributed by atoms with E-state index in [9.17, 15) is 5.11 Å². The number of nitrogens with two attached hydrogens (primary N) is 1. The predicted molar refractivity (Wildman–Crippen MR) is 70.0 cm³/mol. The third-order valence-electron chi connectivity index (χ3n) is 3.05. The first-order valence-electron chi connectivity index (χ1n) is 5.58. The van der Waals surface area contributed by atoms with E-state index in [1.54, 1.807) is 12.4 Å². The Morgan fingerprint density at radius 2 is 2.00 bits per heavy atom. The van der Waals surface area contributed by atoms with Gasteiger partial charge in [0.25, 0.3) is 0 Å². The van der Waals surface area contributed by atoms with Gasteiger partial charge in [-0.25, -0.2) is 9.97 Å². The van der Waals surface area contributed by atoms with Gasteiger partial charge in [0.15, 0.2) is 5.82 Å². The molecule has 0 aliphatic carbocycles. The summed E-state index contributed by atoms with van der Waals surface area (Å²) in [5.74, 6) is 0.718. The molecule has 0 aromatic carbocycles. The third kappa shape index (κ3) is 2.70. The van der Waals surface area contributed by atoms with Gasteiger partial charge >= 0.3 is 0 Å². The Balaban J connectivity index is 2.21. The molecule has 1 aromatic heterocycles. The molecule has 6 heteroatoms. The zero-order valence-corrected chi connectivity index (χ0v) is 10.6. The average Bonchev–Trinajstić information content (AvgIpc) is 2.29. The summed E-state index contributed by atoms with van der Waals surface area (Å²) < 4.78 is 0. The number of hydrogen-bond donors (Lipinski definition) is 2. The minimum Gasteiger partial charge on any atom is -0.390 e. The second kappa shape index (κ2) is 4.54. The van der Waals surface area contributed by atoms with Crippen molar-refractivity contribution in [2.24, 2.45) is 5.73 Å². The number of anilines is 1. The van der Waals surface area contributed by atoms with Crippen LogP contribution in [0.4, 0.5) is 5.82 Å². The monoisotopic (exact) mass is 252 g/mol. The highest BCUT2D eigenvalue weighted by Crippen LogP contribution is 2.25. The fourth-order valence-corrected chi connectivity index (χ4v) is 2.08. The van der Waals surface area contributed by atoms with Crippen molar-refractivity contribution in [3.8, 4) is 0 Å². The molecule has 0 radical (unpaired) electrons. The molecule has 0 spiro atoms. The highest BCUT2D eigenvalue weighted by Gasteiger charge is 2.29. The van der Waals surface area contributed by atoms with Crippen molar-refractivity contribution in [2.45, 2.75) is 25.4 Å². The SMILES string of the molecule is CC1(O)CCN(c2nccnc2C(N)=S)CC1. The Morgan fingerprint density at radius 1 is 1.41 bits per heavy atom. The van der Waals surface area contributed by atoms with Crippen molar-refractivity contribution in [3.05, 3.63) is 18.1 Å². The molecule has 2 rings (SSSR count). The number of aromatic nitrogens is 2. The lowest BCUT2D eigenvalue weighted by Crippen LogP contribution is -2.43. The summed E-state index contributed by atoms with van der Waals surface area (Å²) >= 11 is 4.96. The van der Waals surface area contributed by atoms with E-state index < -0.39 is 5.60 Å². The van der Waals surface area contributed by atoms with Gasteiger partial charge in [0, 0.05) is 25.5 Å². The van der Waals surface area contributed by atoms with Gasteiger partial charge in [-0.15, -0.1) is 0 Å². The summed E-state index contributed by atoms with van der Waals surface area (Å²) in [6.45, 7) is 3.33. The van der Waals surface area contributed by atoms with Crippen molar-refractivity contribution in [2.75, 3.05) is 18.0 Å². The van der Waals surface area contributed by atoms with Crippen LogP contribution in [0, 0.1) is 0 Å². The predicted octanol–water partition coefficient (Wildman–Crippen LogP) is 0.462. The average molecular weight is 252 g/mol. The molecule has 1 aliphatic rings. The molecular formula is C11H16N4OS. The van der Waals surface area contributed by atoms with Crippen LogP contribution in [-0.2, 0) is 0 Å². The topological polar surface area (TPSA) is 75.3 Å². The minimum atomic E-state index is -0.581. The Bertz CT molecular complexity index is 425. The first-order chi connectivity index (χ1) is 7.99. The molecule has 1 aromatic rings. The maximum atomic E-state index is 9.90. The Labute approximate surface area is 106 Å². The maximum absolute atomic E-state index is 9.90. The molecule has 1 fully saturated rings. The van der Waals surface area contributed by atoms with E-state index in [1.807, 2.05) is 6.92 Å². The third-order valence-corrected chi connectivity index (χ3v) is 3.25. The van der Waals surface area contributed by atoms with E-state index in [4.69, 9.17) is 18.0 Å². The van der Waals surface area contributed by atoms with Crippen LogP contribution in [0.25, 0.3) is 0 Å².